The number of fused-ring (bicyclic) bond motifs is 1. The van der Waals surface area contributed by atoms with Gasteiger partial charge in [0.15, 0.2) is 12.0 Å². The number of carboxylic acid groups (broad SMARTS) is 1. The Hall–Kier alpha value is -1.64. The van der Waals surface area contributed by atoms with Crippen molar-refractivity contribution >= 4 is 11.9 Å². The highest BCUT2D eigenvalue weighted by Crippen LogP contribution is 2.30. The number of hydrogen-bond acceptors (Lipinski definition) is 7. The van der Waals surface area contributed by atoms with Gasteiger partial charge in [-0.05, 0) is 0 Å². The summed E-state index contributed by atoms with van der Waals surface area (Å²) < 4.78 is 10.5. The lowest BCUT2D eigenvalue weighted by atomic mass is 9.95. The van der Waals surface area contributed by atoms with E-state index in [0.29, 0.717) is 5.90 Å². The van der Waals surface area contributed by atoms with Crippen molar-refractivity contribution in [2.75, 3.05) is 6.61 Å². The number of aliphatic hydroxyl groups excluding tert-OH is 3. The highest BCUT2D eigenvalue weighted by molar-refractivity contribution is 5.85. The molecule has 2 aliphatic rings. The number of nitrogens with zero attached hydrogens (tertiary/aromatic N) is 1. The molecule has 4 N–H and O–H groups in total. The third-order valence-electron chi connectivity index (χ3n) is 3.02. The standard InChI is InChI=1S/C11H15NO7/c1-4-12-8-6(18-4)2-7(11(16)17)19-10(8)9(15)5(14)3-13/h2,5-6,8-10,13-15H,3H2,1H3,(H,16,17)/t5-,6-,8+,9-,10-/m1/s1. The Morgan fingerprint density at radius 2 is 2.16 bits per heavy atom. The van der Waals surface area contributed by atoms with Crippen molar-refractivity contribution in [2.24, 2.45) is 4.99 Å². The molecular formula is C11H15NO7. The molecule has 0 aromatic carbocycles. The van der Waals surface area contributed by atoms with Gasteiger partial charge in [0, 0.05) is 13.0 Å². The summed E-state index contributed by atoms with van der Waals surface area (Å²) in [7, 11) is 0. The van der Waals surface area contributed by atoms with Crippen LogP contribution in [-0.4, -0.2) is 69.4 Å². The zero-order valence-electron chi connectivity index (χ0n) is 10.1. The van der Waals surface area contributed by atoms with Gasteiger partial charge in [-0.1, -0.05) is 0 Å². The Kier molecular flexibility index (Phi) is 3.74. The van der Waals surface area contributed by atoms with Crippen LogP contribution < -0.4 is 0 Å². The van der Waals surface area contributed by atoms with E-state index in [2.05, 4.69) is 4.99 Å². The fourth-order valence-electron chi connectivity index (χ4n) is 2.10. The molecule has 0 aromatic rings. The van der Waals surface area contributed by atoms with Crippen molar-refractivity contribution < 1.29 is 34.7 Å². The van der Waals surface area contributed by atoms with Crippen molar-refractivity contribution in [3.05, 3.63) is 11.8 Å². The van der Waals surface area contributed by atoms with E-state index in [1.165, 1.54) is 6.08 Å². The first kappa shape index (κ1) is 13.8. The van der Waals surface area contributed by atoms with E-state index in [9.17, 15) is 15.0 Å². The fourth-order valence-corrected chi connectivity index (χ4v) is 2.10. The molecule has 0 saturated heterocycles. The maximum absolute atomic E-state index is 11.0. The van der Waals surface area contributed by atoms with Crippen LogP contribution in [0.5, 0.6) is 0 Å². The molecule has 0 unspecified atom stereocenters. The second kappa shape index (κ2) is 5.16. The van der Waals surface area contributed by atoms with Crippen LogP contribution >= 0.6 is 0 Å². The molecule has 19 heavy (non-hydrogen) atoms. The highest BCUT2D eigenvalue weighted by Gasteiger charge is 2.46. The van der Waals surface area contributed by atoms with Gasteiger partial charge in [0.25, 0.3) is 0 Å². The molecule has 2 rings (SSSR count). The van der Waals surface area contributed by atoms with Gasteiger partial charge in [-0.25, -0.2) is 9.79 Å². The summed E-state index contributed by atoms with van der Waals surface area (Å²) >= 11 is 0. The third-order valence-corrected chi connectivity index (χ3v) is 3.02. The second-order valence-corrected chi connectivity index (χ2v) is 4.38. The number of ether oxygens (including phenoxy) is 2. The number of aliphatic imine (C=N–C) groups is 1. The molecule has 0 amide bonds. The van der Waals surface area contributed by atoms with Crippen molar-refractivity contribution in [3.63, 3.8) is 0 Å². The van der Waals surface area contributed by atoms with Gasteiger partial charge in [-0.3, -0.25) is 0 Å². The molecule has 0 bridgehead atoms. The minimum atomic E-state index is -1.47. The van der Waals surface area contributed by atoms with Gasteiger partial charge in [0.2, 0.25) is 5.76 Å². The molecule has 106 valence electrons. The van der Waals surface area contributed by atoms with Crippen LogP contribution in [0.2, 0.25) is 0 Å². The zero-order valence-corrected chi connectivity index (χ0v) is 10.1. The summed E-state index contributed by atoms with van der Waals surface area (Å²) in [5, 5.41) is 37.1. The van der Waals surface area contributed by atoms with Crippen molar-refractivity contribution in [2.45, 2.75) is 37.4 Å². The van der Waals surface area contributed by atoms with E-state index < -0.39 is 43.0 Å². The van der Waals surface area contributed by atoms with E-state index in [-0.39, 0.29) is 5.76 Å². The van der Waals surface area contributed by atoms with Gasteiger partial charge in [0.05, 0.1) is 6.61 Å². The summed E-state index contributed by atoms with van der Waals surface area (Å²) in [6, 6.07) is -0.653. The minimum Gasteiger partial charge on any atom is -0.478 e. The molecule has 2 heterocycles. The quantitative estimate of drug-likeness (QED) is 0.478. The first-order chi connectivity index (χ1) is 8.93. The molecule has 2 aliphatic heterocycles. The summed E-state index contributed by atoms with van der Waals surface area (Å²) in [6.45, 7) is 0.923. The van der Waals surface area contributed by atoms with Crippen molar-refractivity contribution in [1.29, 1.82) is 0 Å². The maximum Gasteiger partial charge on any atom is 0.370 e. The van der Waals surface area contributed by atoms with Crippen LogP contribution in [0, 0.1) is 0 Å². The average Bonchev–Trinajstić information content (AvgIpc) is 2.75. The van der Waals surface area contributed by atoms with Gasteiger partial charge in [0.1, 0.15) is 24.4 Å². The number of rotatable bonds is 4. The predicted octanol–water partition coefficient (Wildman–Crippen LogP) is -1.75. The van der Waals surface area contributed by atoms with Gasteiger partial charge in [-0.2, -0.15) is 0 Å². The Labute approximate surface area is 108 Å². The Morgan fingerprint density at radius 1 is 1.47 bits per heavy atom. The number of hydrogen-bond donors (Lipinski definition) is 4. The number of aliphatic hydroxyl groups is 3. The lowest BCUT2D eigenvalue weighted by molar-refractivity contribution is -0.145. The number of carbonyl (C=O) groups is 1. The smallest absolute Gasteiger partial charge is 0.370 e. The zero-order chi connectivity index (χ0) is 14.2. The topological polar surface area (TPSA) is 129 Å². The summed E-state index contributed by atoms with van der Waals surface area (Å²) in [6.07, 6.45) is -3.42. The normalized spacial score (nSPS) is 32.3. The van der Waals surface area contributed by atoms with Crippen LogP contribution in [0.1, 0.15) is 6.92 Å². The minimum absolute atomic E-state index is 0.345. The SMILES string of the molecule is CC1=N[C@@H]2[C@H]([C@H](O)[C@H](O)CO)OC(C(=O)O)=C[C@H]2O1. The number of carboxylic acids is 1. The highest BCUT2D eigenvalue weighted by atomic mass is 16.5. The van der Waals surface area contributed by atoms with E-state index in [0.717, 1.165) is 0 Å². The van der Waals surface area contributed by atoms with Crippen molar-refractivity contribution in [1.82, 2.24) is 0 Å². The first-order valence-electron chi connectivity index (χ1n) is 5.74. The Bertz CT molecular complexity index is 433. The van der Waals surface area contributed by atoms with Crippen LogP contribution in [-0.2, 0) is 14.3 Å². The fraction of sp³-hybridized carbons (Fsp3) is 0.636. The van der Waals surface area contributed by atoms with Crippen LogP contribution in [0.3, 0.4) is 0 Å². The van der Waals surface area contributed by atoms with E-state index in [4.69, 9.17) is 19.7 Å². The molecule has 0 fully saturated rings. The predicted molar refractivity (Wildman–Crippen MR) is 61.5 cm³/mol. The van der Waals surface area contributed by atoms with Gasteiger partial charge in [-0.15, -0.1) is 0 Å². The monoisotopic (exact) mass is 273 g/mol. The number of aliphatic carboxylic acids is 1. The molecule has 0 aromatic heterocycles. The van der Waals surface area contributed by atoms with E-state index in [1.807, 2.05) is 0 Å². The third kappa shape index (κ3) is 2.55. The summed E-state index contributed by atoms with van der Waals surface area (Å²) in [4.78, 5) is 15.1. The molecule has 0 spiro atoms. The molecule has 0 aliphatic carbocycles. The molecular weight excluding hydrogens is 258 g/mol. The lowest BCUT2D eigenvalue weighted by Crippen LogP contribution is -2.51. The molecule has 0 saturated carbocycles. The van der Waals surface area contributed by atoms with Crippen LogP contribution in [0.15, 0.2) is 16.8 Å². The summed E-state index contributed by atoms with van der Waals surface area (Å²) in [5.74, 6) is -1.33. The molecule has 0 radical (unpaired) electrons. The molecule has 8 nitrogen and oxygen atoms in total. The largest absolute Gasteiger partial charge is 0.478 e. The Balaban J connectivity index is 2.27. The van der Waals surface area contributed by atoms with Crippen LogP contribution in [0.4, 0.5) is 0 Å². The molecule has 5 atom stereocenters. The maximum atomic E-state index is 11.0. The second-order valence-electron chi connectivity index (χ2n) is 4.38. The van der Waals surface area contributed by atoms with E-state index in [1.54, 1.807) is 6.92 Å². The van der Waals surface area contributed by atoms with Gasteiger partial charge >= 0.3 is 5.97 Å². The van der Waals surface area contributed by atoms with E-state index >= 15 is 0 Å². The first-order valence-corrected chi connectivity index (χ1v) is 5.74. The summed E-state index contributed by atoms with van der Waals surface area (Å²) in [5.41, 5.74) is 0. The van der Waals surface area contributed by atoms with Crippen molar-refractivity contribution in [3.8, 4) is 0 Å². The van der Waals surface area contributed by atoms with Crippen LogP contribution in [0.25, 0.3) is 0 Å². The lowest BCUT2D eigenvalue weighted by Gasteiger charge is -2.34. The average molecular weight is 273 g/mol. The Morgan fingerprint density at radius 3 is 2.74 bits per heavy atom. The molecule has 8 heteroatoms. The van der Waals surface area contributed by atoms with Gasteiger partial charge < -0.3 is 29.9 Å².